The molecule has 4 aromatic carbocycles. The monoisotopic (exact) mass is 868 g/mol. The summed E-state index contributed by atoms with van der Waals surface area (Å²) in [6.45, 7) is 3.41. The number of Topliss-reactive ketones (excluding diaryl/α,β-unsaturated/α-hetero) is 2. The van der Waals surface area contributed by atoms with E-state index in [1.54, 1.807) is 50.2 Å². The van der Waals surface area contributed by atoms with Crippen molar-refractivity contribution in [2.75, 3.05) is 22.3 Å². The zero-order valence-electron chi connectivity index (χ0n) is 29.3. The summed E-state index contributed by atoms with van der Waals surface area (Å²) in [6, 6.07) is 10.8. The third kappa shape index (κ3) is 7.77. The Bertz CT molecular complexity index is 2930. The maximum absolute atomic E-state index is 13.3. The molecule has 58 heavy (non-hydrogen) atoms. The van der Waals surface area contributed by atoms with Crippen LogP contribution >= 0.6 is 0 Å². The third-order valence-corrected chi connectivity index (χ3v) is 12.4. The molecule has 0 atom stereocenters. The van der Waals surface area contributed by atoms with Gasteiger partial charge in [-0.2, -0.15) is 10.2 Å². The van der Waals surface area contributed by atoms with Crippen LogP contribution in [0.1, 0.15) is 43.0 Å². The number of hydrogen-bond acceptors (Lipinski definition) is 20. The van der Waals surface area contributed by atoms with Crippen LogP contribution in [-0.4, -0.2) is 74.9 Å². The predicted molar refractivity (Wildman–Crippen MR) is 204 cm³/mol. The van der Waals surface area contributed by atoms with E-state index in [0.717, 1.165) is 24.3 Å². The van der Waals surface area contributed by atoms with Gasteiger partial charge in [-0.25, -0.2) is 33.7 Å². The summed E-state index contributed by atoms with van der Waals surface area (Å²) < 4.78 is 142. The number of fused-ring (bicyclic) bond motifs is 2. The summed E-state index contributed by atoms with van der Waals surface area (Å²) in [4.78, 5) is 21.9. The fourth-order valence-electron chi connectivity index (χ4n) is 6.07. The highest BCUT2D eigenvalue weighted by molar-refractivity contribution is 7.87. The first-order valence-electron chi connectivity index (χ1n) is 15.9. The Kier molecular flexibility index (Phi) is 10.3. The molecule has 302 valence electrons. The molecule has 4 aromatic rings. The first-order chi connectivity index (χ1) is 26.8. The Morgan fingerprint density at radius 3 is 1.12 bits per heavy atom. The normalized spacial score (nSPS) is 15.8. The van der Waals surface area contributed by atoms with Gasteiger partial charge in [-0.05, 0) is 84.7 Å². The van der Waals surface area contributed by atoms with Crippen LogP contribution in [-0.2, 0) is 40.5 Å². The smallest absolute Gasteiger partial charge is 0.215 e. The van der Waals surface area contributed by atoms with E-state index >= 15 is 0 Å². The van der Waals surface area contributed by atoms with Crippen LogP contribution in [0.2, 0.25) is 0 Å². The van der Waals surface area contributed by atoms with Crippen LogP contribution in [0.5, 0.6) is 0 Å². The van der Waals surface area contributed by atoms with Gasteiger partial charge >= 0.3 is 0 Å². The zero-order chi connectivity index (χ0) is 42.9. The van der Waals surface area contributed by atoms with Gasteiger partial charge in [0.05, 0.1) is 53.5 Å². The Hall–Kier alpha value is -6.12. The van der Waals surface area contributed by atoms with Gasteiger partial charge in [-0.3, -0.25) is 20.4 Å². The number of benzene rings is 4. The van der Waals surface area contributed by atoms with E-state index in [4.69, 9.17) is 11.5 Å². The van der Waals surface area contributed by atoms with Crippen LogP contribution in [0.25, 0.3) is 23.3 Å². The van der Waals surface area contributed by atoms with Gasteiger partial charge in [-0.15, -0.1) is 0 Å². The quantitative estimate of drug-likeness (QED) is 0.106. The Labute approximate surface area is 329 Å². The minimum Gasteiger partial charge on any atom is -0.744 e. The maximum Gasteiger partial charge on any atom is 0.215 e. The number of nitrogens with zero attached hydrogens (tertiary/aromatic N) is 2. The summed E-state index contributed by atoms with van der Waals surface area (Å²) in [5.74, 6) is -2.13. The number of carbonyl (C=O) groups excluding carboxylic acids is 2. The molecule has 0 saturated carbocycles. The molecule has 2 aliphatic rings. The number of nitrogen functional groups attached to an aromatic ring is 2. The number of nitrogens with two attached hydrogens (primary N) is 2. The molecule has 2 aliphatic carbocycles. The highest BCUT2D eigenvalue weighted by atomic mass is 32.2. The molecule has 24 heteroatoms. The molecule has 0 fully saturated rings. The Morgan fingerprint density at radius 2 is 0.828 bits per heavy atom. The summed E-state index contributed by atoms with van der Waals surface area (Å²) >= 11 is 0. The van der Waals surface area contributed by atoms with E-state index in [9.17, 15) is 61.5 Å². The summed E-state index contributed by atoms with van der Waals surface area (Å²) in [6.07, 6.45) is 4.21. The minimum absolute atomic E-state index is 0.313. The number of hydrogen-bond donors (Lipinski definition) is 4. The second-order valence-electron chi connectivity index (χ2n) is 12.6. The number of carbonyl (C=O) groups is 2. The molecule has 0 amide bonds. The molecule has 0 spiro atoms. The van der Waals surface area contributed by atoms with E-state index < -0.39 is 105 Å². The van der Waals surface area contributed by atoms with Crippen LogP contribution in [0.3, 0.4) is 0 Å². The zero-order valence-corrected chi connectivity index (χ0v) is 32.6. The lowest BCUT2D eigenvalue weighted by Crippen LogP contribution is -2.23. The molecule has 0 saturated heterocycles. The minimum atomic E-state index is -5.40. The maximum atomic E-state index is 13.3. The molecular weight excluding hydrogens is 845 g/mol. The number of anilines is 4. The molecule has 6 N–H and O–H groups in total. The van der Waals surface area contributed by atoms with Crippen molar-refractivity contribution in [3.63, 3.8) is 0 Å². The highest BCUT2D eigenvalue weighted by Gasteiger charge is 2.31. The summed E-state index contributed by atoms with van der Waals surface area (Å²) in [5, 5.41) is 8.08. The Morgan fingerprint density at radius 1 is 0.500 bits per heavy atom. The van der Waals surface area contributed by atoms with E-state index in [-0.39, 0.29) is 11.4 Å². The van der Waals surface area contributed by atoms with Crippen LogP contribution < -0.4 is 22.3 Å². The summed E-state index contributed by atoms with van der Waals surface area (Å²) in [5.41, 5.74) is 15.6. The van der Waals surface area contributed by atoms with E-state index in [0.29, 0.717) is 45.8 Å². The molecule has 0 aliphatic heterocycles. The standard InChI is InChI=1S/C34H28N6O14S4/c1-15-11-17(3-7-21(15)37-39-23-9-5-19-25(55(43,44)45)13-27(57(49,50)51)31(35)29(19)33(23)41)18-4-8-22(16(2)12-18)38-40-24-10-6-20-26(56(46,47)48)14-28(58(52,53)54)32(36)30(20)34(24)42/h3-14,37-38H,35-36H2,1-2H3,(H,43,44,45)(H,46,47,48)(H,49,50,51)(H,52,53,54)/p-4/b39-23-,40-24-. The van der Waals surface area contributed by atoms with Crippen molar-refractivity contribution in [3.05, 3.63) is 94.1 Å². The van der Waals surface area contributed by atoms with Gasteiger partial charge in [0, 0.05) is 11.1 Å². The van der Waals surface area contributed by atoms with Crippen LogP contribution in [0, 0.1) is 13.8 Å². The van der Waals surface area contributed by atoms with Gasteiger partial charge in [0.1, 0.15) is 51.9 Å². The van der Waals surface area contributed by atoms with Crippen molar-refractivity contribution >= 4 is 98.4 Å². The number of rotatable bonds is 9. The number of ketones is 2. The second-order valence-corrected chi connectivity index (χ2v) is 18.0. The van der Waals surface area contributed by atoms with E-state index in [1.807, 2.05) is 0 Å². The molecule has 0 bridgehead atoms. The average Bonchev–Trinajstić information content (AvgIpc) is 3.09. The van der Waals surface area contributed by atoms with Crippen molar-refractivity contribution in [2.24, 2.45) is 10.2 Å². The van der Waals surface area contributed by atoms with Gasteiger partial charge in [0.15, 0.2) is 0 Å². The summed E-state index contributed by atoms with van der Waals surface area (Å²) in [7, 11) is -21.5. The first kappa shape index (κ1) is 41.5. The van der Waals surface area contributed by atoms with Gasteiger partial charge < -0.3 is 29.7 Å². The Balaban J connectivity index is 1.23. The van der Waals surface area contributed by atoms with Crippen LogP contribution in [0.15, 0.2) is 90.5 Å². The van der Waals surface area contributed by atoms with Crippen molar-refractivity contribution in [1.82, 2.24) is 0 Å². The lowest BCUT2D eigenvalue weighted by atomic mass is 9.93. The number of hydrazone groups is 2. The predicted octanol–water partition coefficient (Wildman–Crippen LogP) is 2.11. The SMILES string of the molecule is Cc1cc(-c2ccc(N/N=C3/C=Cc4c(S(=O)(=O)[O-])cc(S(=O)(=O)[O-])c(N)c4C3=O)c(C)c2)ccc1N/N=C1/C=Cc2c(S(=O)(=O)[O-])cc(S(=O)(=O)[O-])c(N)c2C1=O. The number of aryl methyl sites for hydroxylation is 2. The first-order valence-corrected chi connectivity index (χ1v) is 21.5. The number of allylic oxidation sites excluding steroid dienone is 2. The molecule has 0 unspecified atom stereocenters. The van der Waals surface area contributed by atoms with Crippen molar-refractivity contribution in [3.8, 4) is 11.1 Å². The van der Waals surface area contributed by atoms with E-state index in [1.165, 1.54) is 0 Å². The molecule has 0 heterocycles. The fraction of sp³-hybridized carbons (Fsp3) is 0.0588. The van der Waals surface area contributed by atoms with Crippen molar-refractivity contribution in [2.45, 2.75) is 33.4 Å². The molecule has 6 rings (SSSR count). The lowest BCUT2D eigenvalue weighted by molar-refractivity contribution is 0.105. The molecule has 20 nitrogen and oxygen atoms in total. The molecule has 0 radical (unpaired) electrons. The largest absolute Gasteiger partial charge is 0.744 e. The van der Waals surface area contributed by atoms with Crippen molar-refractivity contribution < 1.29 is 61.5 Å². The van der Waals surface area contributed by atoms with Crippen molar-refractivity contribution in [1.29, 1.82) is 0 Å². The molecular formula is C34H24N6O14S4-4. The second kappa shape index (κ2) is 14.4. The third-order valence-electron chi connectivity index (χ3n) is 8.86. The van der Waals surface area contributed by atoms with Gasteiger partial charge in [-0.1, -0.05) is 24.3 Å². The lowest BCUT2D eigenvalue weighted by Gasteiger charge is -2.22. The van der Waals surface area contributed by atoms with Crippen LogP contribution in [0.4, 0.5) is 22.7 Å². The number of nitrogens with one attached hydrogen (secondary N) is 2. The fourth-order valence-corrected chi connectivity index (χ4v) is 8.89. The van der Waals surface area contributed by atoms with E-state index in [2.05, 4.69) is 21.1 Å². The van der Waals surface area contributed by atoms with Gasteiger partial charge in [0.25, 0.3) is 0 Å². The molecule has 0 aromatic heterocycles. The van der Waals surface area contributed by atoms with Gasteiger partial charge in [0.2, 0.25) is 11.6 Å². The highest BCUT2D eigenvalue weighted by Crippen LogP contribution is 2.37. The average molecular weight is 869 g/mol. The topological polar surface area (TPSA) is 364 Å².